The van der Waals surface area contributed by atoms with E-state index >= 15 is 0 Å². The van der Waals surface area contributed by atoms with Crippen molar-refractivity contribution in [2.75, 3.05) is 0 Å². The van der Waals surface area contributed by atoms with E-state index < -0.39 is 0 Å². The van der Waals surface area contributed by atoms with Crippen LogP contribution in [0.1, 0.15) is 25.3 Å². The van der Waals surface area contributed by atoms with Gasteiger partial charge in [-0.3, -0.25) is 0 Å². The molecular weight excluding hydrogens is 212 g/mol. The summed E-state index contributed by atoms with van der Waals surface area (Å²) in [6.07, 6.45) is 4.84. The molecule has 0 N–H and O–H groups in total. The van der Waals surface area contributed by atoms with Gasteiger partial charge in [0.2, 0.25) is 0 Å². The largest absolute Gasteiger partial charge is 0.235 e. The summed E-state index contributed by atoms with van der Waals surface area (Å²) in [6.45, 7) is 4.20. The Morgan fingerprint density at radius 2 is 2.20 bits per heavy atom. The van der Waals surface area contributed by atoms with Crippen LogP contribution in [-0.4, -0.2) is 19.7 Å². The first-order valence-electron chi connectivity index (χ1n) is 4.69. The molecule has 0 aromatic carbocycles. The van der Waals surface area contributed by atoms with Crippen LogP contribution in [0.25, 0.3) is 5.82 Å². The van der Waals surface area contributed by atoms with Crippen LogP contribution < -0.4 is 0 Å². The van der Waals surface area contributed by atoms with Crippen LogP contribution in [0.3, 0.4) is 0 Å². The van der Waals surface area contributed by atoms with E-state index in [1.165, 1.54) is 6.33 Å². The maximum atomic E-state index is 6.11. The average molecular weight is 223 g/mol. The molecule has 0 bridgehead atoms. The molecule has 0 saturated carbocycles. The lowest BCUT2D eigenvalue weighted by Gasteiger charge is -2.07. The van der Waals surface area contributed by atoms with Crippen LogP contribution in [0.5, 0.6) is 0 Å². The second-order valence-electron chi connectivity index (χ2n) is 3.57. The van der Waals surface area contributed by atoms with Crippen LogP contribution in [0, 0.1) is 0 Å². The highest BCUT2D eigenvalue weighted by Gasteiger charge is 2.07. The molecule has 0 saturated heterocycles. The van der Waals surface area contributed by atoms with Gasteiger partial charge in [0, 0.05) is 6.20 Å². The molecule has 4 nitrogen and oxygen atoms in total. The minimum absolute atomic E-state index is 0.416. The topological polar surface area (TPSA) is 43.6 Å². The second kappa shape index (κ2) is 3.98. The van der Waals surface area contributed by atoms with Gasteiger partial charge in [0.05, 0.1) is 5.02 Å². The summed E-state index contributed by atoms with van der Waals surface area (Å²) in [5.74, 6) is 1.03. The summed E-state index contributed by atoms with van der Waals surface area (Å²) in [7, 11) is 0. The van der Waals surface area contributed by atoms with Gasteiger partial charge in [0.25, 0.3) is 0 Å². The number of halogens is 1. The highest BCUT2D eigenvalue weighted by Crippen LogP contribution is 2.22. The highest BCUT2D eigenvalue weighted by molar-refractivity contribution is 6.32. The predicted molar refractivity (Wildman–Crippen MR) is 58.3 cm³/mol. The van der Waals surface area contributed by atoms with Crippen molar-refractivity contribution in [3.63, 3.8) is 0 Å². The van der Waals surface area contributed by atoms with Gasteiger partial charge in [0.15, 0.2) is 5.82 Å². The zero-order chi connectivity index (χ0) is 10.8. The molecule has 0 fully saturated rings. The molecule has 5 heteroatoms. The van der Waals surface area contributed by atoms with E-state index in [0.29, 0.717) is 16.8 Å². The molecular formula is C10H11ClN4. The standard InChI is InChI=1S/C10H11ClN4/c1-7(2)8-3-9(11)10(13-4-8)15-6-12-5-14-15/h3-7H,1-2H3. The average Bonchev–Trinajstić information content (AvgIpc) is 2.70. The molecule has 0 aliphatic carbocycles. The third-order valence-electron chi connectivity index (χ3n) is 2.15. The van der Waals surface area contributed by atoms with Gasteiger partial charge < -0.3 is 0 Å². The first-order chi connectivity index (χ1) is 7.18. The summed E-state index contributed by atoms with van der Waals surface area (Å²) in [6, 6.07) is 1.91. The molecule has 0 atom stereocenters. The SMILES string of the molecule is CC(C)c1cnc(-n2cncn2)c(Cl)c1. The third kappa shape index (κ3) is 1.99. The van der Waals surface area contributed by atoms with Crippen LogP contribution >= 0.6 is 11.6 Å². The Kier molecular flexibility index (Phi) is 2.68. The van der Waals surface area contributed by atoms with Crippen molar-refractivity contribution in [1.29, 1.82) is 0 Å². The van der Waals surface area contributed by atoms with Gasteiger partial charge in [0.1, 0.15) is 12.7 Å². The fourth-order valence-electron chi connectivity index (χ4n) is 1.25. The highest BCUT2D eigenvalue weighted by atomic mass is 35.5. The van der Waals surface area contributed by atoms with Crippen molar-refractivity contribution >= 4 is 11.6 Å². The Morgan fingerprint density at radius 1 is 1.40 bits per heavy atom. The van der Waals surface area contributed by atoms with Gasteiger partial charge in [-0.05, 0) is 17.5 Å². The molecule has 2 rings (SSSR count). The van der Waals surface area contributed by atoms with E-state index in [1.807, 2.05) is 12.3 Å². The summed E-state index contributed by atoms with van der Waals surface area (Å²) in [5.41, 5.74) is 1.11. The van der Waals surface area contributed by atoms with Crippen molar-refractivity contribution in [2.45, 2.75) is 19.8 Å². The van der Waals surface area contributed by atoms with E-state index in [9.17, 15) is 0 Å². The Morgan fingerprint density at radius 3 is 2.73 bits per heavy atom. The van der Waals surface area contributed by atoms with E-state index in [4.69, 9.17) is 11.6 Å². The Hall–Kier alpha value is -1.42. The van der Waals surface area contributed by atoms with E-state index in [0.717, 1.165) is 5.56 Å². The smallest absolute Gasteiger partial charge is 0.173 e. The van der Waals surface area contributed by atoms with Gasteiger partial charge in [-0.1, -0.05) is 25.4 Å². The Labute approximate surface area is 92.9 Å². The van der Waals surface area contributed by atoms with Crippen molar-refractivity contribution < 1.29 is 0 Å². The van der Waals surface area contributed by atoms with Crippen molar-refractivity contribution in [3.05, 3.63) is 35.5 Å². The van der Waals surface area contributed by atoms with Crippen LogP contribution in [0.4, 0.5) is 0 Å². The van der Waals surface area contributed by atoms with Crippen LogP contribution in [0.15, 0.2) is 24.9 Å². The maximum Gasteiger partial charge on any atom is 0.173 e. The van der Waals surface area contributed by atoms with Crippen molar-refractivity contribution in [3.8, 4) is 5.82 Å². The maximum absolute atomic E-state index is 6.11. The molecule has 2 aromatic heterocycles. The zero-order valence-electron chi connectivity index (χ0n) is 8.55. The van der Waals surface area contributed by atoms with Crippen LogP contribution in [-0.2, 0) is 0 Å². The van der Waals surface area contributed by atoms with E-state index in [1.54, 1.807) is 11.0 Å². The second-order valence-corrected chi connectivity index (χ2v) is 3.98. The molecule has 0 aliphatic rings. The number of nitrogens with zero attached hydrogens (tertiary/aromatic N) is 4. The Bertz CT molecular complexity index is 450. The number of pyridine rings is 1. The normalized spacial score (nSPS) is 10.9. The quantitative estimate of drug-likeness (QED) is 0.784. The molecule has 0 spiro atoms. The zero-order valence-corrected chi connectivity index (χ0v) is 9.31. The fraction of sp³-hybridized carbons (Fsp3) is 0.300. The van der Waals surface area contributed by atoms with Crippen molar-refractivity contribution in [2.24, 2.45) is 0 Å². The lowest BCUT2D eigenvalue weighted by Crippen LogP contribution is -2.00. The molecule has 0 radical (unpaired) electrons. The third-order valence-corrected chi connectivity index (χ3v) is 2.42. The number of rotatable bonds is 2. The molecule has 0 unspecified atom stereocenters. The van der Waals surface area contributed by atoms with Gasteiger partial charge in [-0.25, -0.2) is 14.6 Å². The molecule has 0 amide bonds. The lowest BCUT2D eigenvalue weighted by atomic mass is 10.1. The monoisotopic (exact) mass is 222 g/mol. The molecule has 2 heterocycles. The molecule has 0 aliphatic heterocycles. The van der Waals surface area contributed by atoms with E-state index in [-0.39, 0.29) is 0 Å². The first kappa shape index (κ1) is 10.1. The minimum Gasteiger partial charge on any atom is -0.235 e. The van der Waals surface area contributed by atoms with Crippen LogP contribution in [0.2, 0.25) is 5.02 Å². The summed E-state index contributed by atoms with van der Waals surface area (Å²) in [5, 5.41) is 4.57. The lowest BCUT2D eigenvalue weighted by molar-refractivity contribution is 0.822. The van der Waals surface area contributed by atoms with Gasteiger partial charge >= 0.3 is 0 Å². The number of aromatic nitrogens is 4. The Balaban J connectivity index is 2.44. The minimum atomic E-state index is 0.416. The number of hydrogen-bond donors (Lipinski definition) is 0. The first-order valence-corrected chi connectivity index (χ1v) is 5.06. The summed E-state index contributed by atoms with van der Waals surface area (Å²) >= 11 is 6.11. The summed E-state index contributed by atoms with van der Waals surface area (Å²) in [4.78, 5) is 8.12. The van der Waals surface area contributed by atoms with Gasteiger partial charge in [-0.15, -0.1) is 0 Å². The predicted octanol–water partition coefficient (Wildman–Crippen LogP) is 2.44. The molecule has 15 heavy (non-hydrogen) atoms. The molecule has 2 aromatic rings. The van der Waals surface area contributed by atoms with Crippen molar-refractivity contribution in [1.82, 2.24) is 19.7 Å². The number of hydrogen-bond acceptors (Lipinski definition) is 3. The summed E-state index contributed by atoms with van der Waals surface area (Å²) < 4.78 is 1.55. The molecule has 78 valence electrons. The van der Waals surface area contributed by atoms with Gasteiger partial charge in [-0.2, -0.15) is 5.10 Å². The fourth-order valence-corrected chi connectivity index (χ4v) is 1.51. The van der Waals surface area contributed by atoms with E-state index in [2.05, 4.69) is 28.9 Å².